The number of nitrogens with two attached hydrogens (primary N) is 1. The van der Waals surface area contributed by atoms with Crippen molar-refractivity contribution in [3.8, 4) is 0 Å². The zero-order valence-corrected chi connectivity index (χ0v) is 12.4. The van der Waals surface area contributed by atoms with E-state index < -0.39 is 0 Å². The molecule has 2 N–H and O–H groups in total. The van der Waals surface area contributed by atoms with Gasteiger partial charge < -0.3 is 15.4 Å². The summed E-state index contributed by atoms with van der Waals surface area (Å²) >= 11 is 3.65. The average Bonchev–Trinajstić information content (AvgIpc) is 2.63. The lowest BCUT2D eigenvalue weighted by atomic mass is 10.1. The van der Waals surface area contributed by atoms with E-state index in [1.807, 2.05) is 0 Å². The first-order chi connectivity index (χ1) is 8.74. The van der Waals surface area contributed by atoms with Crippen LogP contribution in [-0.4, -0.2) is 25.8 Å². The Labute approximate surface area is 117 Å². The van der Waals surface area contributed by atoms with Gasteiger partial charge in [-0.3, -0.25) is 0 Å². The lowest BCUT2D eigenvalue weighted by Crippen LogP contribution is -2.31. The number of hydrogen-bond donors (Lipinski definition) is 1. The first-order valence-corrected chi connectivity index (χ1v) is 7.39. The number of benzene rings is 1. The Morgan fingerprint density at radius 1 is 1.50 bits per heavy atom. The first-order valence-electron chi connectivity index (χ1n) is 6.59. The zero-order chi connectivity index (χ0) is 13.0. The molecule has 2 rings (SSSR count). The van der Waals surface area contributed by atoms with E-state index in [2.05, 4.69) is 46.0 Å². The van der Waals surface area contributed by atoms with Gasteiger partial charge in [-0.05, 0) is 46.5 Å². The van der Waals surface area contributed by atoms with Crippen molar-refractivity contribution < 1.29 is 4.74 Å². The molecule has 1 unspecified atom stereocenters. The molecule has 0 saturated carbocycles. The molecule has 0 aliphatic carbocycles. The number of hydrogen-bond acceptors (Lipinski definition) is 3. The van der Waals surface area contributed by atoms with Gasteiger partial charge in [-0.2, -0.15) is 0 Å². The summed E-state index contributed by atoms with van der Waals surface area (Å²) in [5.41, 5.74) is 8.06. The fourth-order valence-corrected chi connectivity index (χ4v) is 2.97. The molecular formula is C14H21BrN2O. The number of rotatable bonds is 3. The molecule has 1 saturated heterocycles. The van der Waals surface area contributed by atoms with E-state index in [1.165, 1.54) is 5.69 Å². The fraction of sp³-hybridized carbons (Fsp3) is 0.571. The summed E-state index contributed by atoms with van der Waals surface area (Å²) in [5.74, 6) is 0. The third-order valence-corrected chi connectivity index (χ3v) is 4.03. The lowest BCUT2D eigenvalue weighted by molar-refractivity contribution is 0.0664. The molecule has 1 atom stereocenters. The van der Waals surface area contributed by atoms with Crippen molar-refractivity contribution in [1.29, 1.82) is 0 Å². The second kappa shape index (κ2) is 6.55. The lowest BCUT2D eigenvalue weighted by Gasteiger charge is -2.26. The monoisotopic (exact) mass is 312 g/mol. The van der Waals surface area contributed by atoms with Gasteiger partial charge in [0.25, 0.3) is 0 Å². The molecule has 0 aromatic heterocycles. The average molecular weight is 313 g/mol. The van der Waals surface area contributed by atoms with Crippen molar-refractivity contribution in [1.82, 2.24) is 0 Å². The zero-order valence-electron chi connectivity index (χ0n) is 10.9. The highest BCUT2D eigenvalue weighted by atomic mass is 79.9. The Bertz CT molecular complexity index is 397. The maximum Gasteiger partial charge on any atom is 0.0747 e. The molecule has 1 aliphatic heterocycles. The van der Waals surface area contributed by atoms with Gasteiger partial charge in [0.15, 0.2) is 0 Å². The molecule has 0 amide bonds. The number of halogens is 1. The quantitative estimate of drug-likeness (QED) is 0.932. The first kappa shape index (κ1) is 13.8. The van der Waals surface area contributed by atoms with Crippen molar-refractivity contribution in [2.45, 2.75) is 32.4 Å². The van der Waals surface area contributed by atoms with E-state index in [0.29, 0.717) is 12.6 Å². The molecule has 1 aliphatic rings. The minimum Gasteiger partial charge on any atom is -0.376 e. The molecule has 100 valence electrons. The van der Waals surface area contributed by atoms with Crippen LogP contribution in [0, 0.1) is 0 Å². The maximum atomic E-state index is 5.81. The molecule has 0 radical (unpaired) electrons. The molecule has 18 heavy (non-hydrogen) atoms. The fourth-order valence-electron chi connectivity index (χ4n) is 2.29. The summed E-state index contributed by atoms with van der Waals surface area (Å²) in [6.07, 6.45) is 2.49. The van der Waals surface area contributed by atoms with Gasteiger partial charge in [-0.15, -0.1) is 0 Å². The van der Waals surface area contributed by atoms with Crippen LogP contribution in [-0.2, 0) is 11.3 Å². The van der Waals surface area contributed by atoms with E-state index in [9.17, 15) is 0 Å². The second-order valence-corrected chi connectivity index (χ2v) is 5.54. The smallest absolute Gasteiger partial charge is 0.0747 e. The summed E-state index contributed by atoms with van der Waals surface area (Å²) in [5, 5.41) is 0. The largest absolute Gasteiger partial charge is 0.376 e. The number of nitrogens with zero attached hydrogens (tertiary/aromatic N) is 1. The highest BCUT2D eigenvalue weighted by molar-refractivity contribution is 9.10. The minimum atomic E-state index is 0.341. The van der Waals surface area contributed by atoms with Gasteiger partial charge in [-0.25, -0.2) is 0 Å². The van der Waals surface area contributed by atoms with E-state index in [1.54, 1.807) is 0 Å². The third-order valence-electron chi connectivity index (χ3n) is 3.39. The van der Waals surface area contributed by atoms with Gasteiger partial charge >= 0.3 is 0 Å². The van der Waals surface area contributed by atoms with Crippen molar-refractivity contribution in [3.05, 3.63) is 28.2 Å². The molecule has 0 spiro atoms. The third kappa shape index (κ3) is 3.25. The van der Waals surface area contributed by atoms with Crippen LogP contribution in [0.3, 0.4) is 0 Å². The molecule has 1 heterocycles. The van der Waals surface area contributed by atoms with Crippen LogP contribution in [0.2, 0.25) is 0 Å². The Morgan fingerprint density at radius 2 is 2.33 bits per heavy atom. The summed E-state index contributed by atoms with van der Waals surface area (Å²) in [6.45, 7) is 5.65. The summed E-state index contributed by atoms with van der Waals surface area (Å²) in [7, 11) is 0. The van der Waals surface area contributed by atoms with Crippen molar-refractivity contribution in [2.24, 2.45) is 5.73 Å². The van der Waals surface area contributed by atoms with Crippen molar-refractivity contribution in [3.63, 3.8) is 0 Å². The molecule has 3 nitrogen and oxygen atoms in total. The van der Waals surface area contributed by atoms with Crippen molar-refractivity contribution in [2.75, 3.05) is 24.6 Å². The Kier molecular flexibility index (Phi) is 5.03. The normalized spacial score (nSPS) is 20.8. The van der Waals surface area contributed by atoms with Crippen LogP contribution >= 0.6 is 15.9 Å². The van der Waals surface area contributed by atoms with Gasteiger partial charge in [0, 0.05) is 30.7 Å². The van der Waals surface area contributed by atoms with E-state index >= 15 is 0 Å². The molecule has 1 fully saturated rings. The molecule has 0 bridgehead atoms. The van der Waals surface area contributed by atoms with Crippen molar-refractivity contribution >= 4 is 21.6 Å². The van der Waals surface area contributed by atoms with Crippen LogP contribution in [0.25, 0.3) is 0 Å². The highest BCUT2D eigenvalue weighted by Gasteiger charge is 2.19. The Morgan fingerprint density at radius 3 is 3.00 bits per heavy atom. The van der Waals surface area contributed by atoms with Gasteiger partial charge in [-0.1, -0.05) is 13.0 Å². The second-order valence-electron chi connectivity index (χ2n) is 4.69. The van der Waals surface area contributed by atoms with Crippen LogP contribution in [0.4, 0.5) is 5.69 Å². The van der Waals surface area contributed by atoms with E-state index in [0.717, 1.165) is 42.6 Å². The Hall–Kier alpha value is -0.580. The van der Waals surface area contributed by atoms with Gasteiger partial charge in [0.1, 0.15) is 0 Å². The maximum absolute atomic E-state index is 5.81. The Balaban J connectivity index is 2.18. The highest BCUT2D eigenvalue weighted by Crippen LogP contribution is 2.29. The predicted molar refractivity (Wildman–Crippen MR) is 78.9 cm³/mol. The van der Waals surface area contributed by atoms with Crippen LogP contribution < -0.4 is 10.6 Å². The van der Waals surface area contributed by atoms with Crippen LogP contribution in [0.5, 0.6) is 0 Å². The summed E-state index contributed by atoms with van der Waals surface area (Å²) < 4.78 is 6.94. The standard InChI is InChI=1S/C14H21BrN2O/c1-2-12-10-17(6-3-7-18-12)14-5-4-11(9-16)8-13(14)15/h4-5,8,12H,2-3,6-7,9-10,16H2,1H3. The molecule has 1 aromatic carbocycles. The topological polar surface area (TPSA) is 38.5 Å². The predicted octanol–water partition coefficient (Wildman–Crippen LogP) is 2.91. The SMILES string of the molecule is CCC1CN(c2ccc(CN)cc2Br)CCCO1. The van der Waals surface area contributed by atoms with E-state index in [-0.39, 0.29) is 0 Å². The summed E-state index contributed by atoms with van der Waals surface area (Å²) in [6, 6.07) is 6.37. The number of ether oxygens (including phenoxy) is 1. The van der Waals surface area contributed by atoms with E-state index in [4.69, 9.17) is 10.5 Å². The molecule has 4 heteroatoms. The molecular weight excluding hydrogens is 292 g/mol. The number of anilines is 1. The van der Waals surface area contributed by atoms with Gasteiger partial charge in [0.2, 0.25) is 0 Å². The minimum absolute atomic E-state index is 0.341. The molecule has 1 aromatic rings. The van der Waals surface area contributed by atoms with Crippen LogP contribution in [0.1, 0.15) is 25.3 Å². The summed E-state index contributed by atoms with van der Waals surface area (Å²) in [4.78, 5) is 2.41. The van der Waals surface area contributed by atoms with Gasteiger partial charge in [0.05, 0.1) is 11.8 Å². The van der Waals surface area contributed by atoms with Crippen LogP contribution in [0.15, 0.2) is 22.7 Å².